The molecule has 1 aliphatic rings. The summed E-state index contributed by atoms with van der Waals surface area (Å²) in [7, 11) is 0. The largest absolute Gasteiger partial charge is 0.444 e. The summed E-state index contributed by atoms with van der Waals surface area (Å²) in [6, 6.07) is 0.0473. The average Bonchev–Trinajstić information content (AvgIpc) is 2.16. The lowest BCUT2D eigenvalue weighted by Crippen LogP contribution is -2.44. The van der Waals surface area contributed by atoms with Crippen LogP contribution in [-0.4, -0.2) is 30.4 Å². The molecule has 0 saturated carbocycles. The maximum atomic E-state index is 11.5. The fourth-order valence-electron chi connectivity index (χ4n) is 1.55. The number of nitrogens with one attached hydrogen (secondary N) is 1. The molecule has 4 heteroatoms. The van der Waals surface area contributed by atoms with E-state index in [2.05, 4.69) is 11.9 Å². The minimum atomic E-state index is -0.455. The molecule has 0 aromatic rings. The van der Waals surface area contributed by atoms with Crippen LogP contribution in [0.5, 0.6) is 0 Å². The second-order valence-corrected chi connectivity index (χ2v) is 5.03. The molecule has 1 rings (SSSR count). The Hall–Kier alpha value is -1.03. The van der Waals surface area contributed by atoms with Crippen LogP contribution >= 0.6 is 0 Å². The van der Waals surface area contributed by atoms with Crippen molar-refractivity contribution in [3.63, 3.8) is 0 Å². The highest BCUT2D eigenvalue weighted by atomic mass is 16.6. The second-order valence-electron chi connectivity index (χ2n) is 5.03. The van der Waals surface area contributed by atoms with Gasteiger partial charge in [-0.2, -0.15) is 0 Å². The zero-order valence-electron chi connectivity index (χ0n) is 10.3. The standard InChI is InChI=1S/C12H21NO3/c1-5-10-7-6-9(8-15-10)13-11(14)16-12(2,3)4/h5,9-10H,1,6-8H2,2-4H3,(H,13,14)/t9-,10-/m1/s1. The summed E-state index contributed by atoms with van der Waals surface area (Å²) in [6.07, 6.45) is 3.33. The van der Waals surface area contributed by atoms with Crippen molar-refractivity contribution >= 4 is 6.09 Å². The molecule has 0 bridgehead atoms. The number of hydrogen-bond donors (Lipinski definition) is 1. The molecule has 16 heavy (non-hydrogen) atoms. The van der Waals surface area contributed by atoms with Crippen molar-refractivity contribution in [2.24, 2.45) is 0 Å². The van der Waals surface area contributed by atoms with E-state index in [1.807, 2.05) is 20.8 Å². The van der Waals surface area contributed by atoms with E-state index in [0.29, 0.717) is 6.61 Å². The van der Waals surface area contributed by atoms with Gasteiger partial charge in [0.1, 0.15) is 5.60 Å². The maximum Gasteiger partial charge on any atom is 0.407 e. The van der Waals surface area contributed by atoms with Crippen LogP contribution in [0.1, 0.15) is 33.6 Å². The van der Waals surface area contributed by atoms with E-state index in [1.165, 1.54) is 0 Å². The number of carbonyl (C=O) groups excluding carboxylic acids is 1. The normalized spacial score (nSPS) is 25.9. The molecular weight excluding hydrogens is 206 g/mol. The molecule has 0 aromatic heterocycles. The van der Waals surface area contributed by atoms with Crippen LogP contribution in [0.15, 0.2) is 12.7 Å². The van der Waals surface area contributed by atoms with Gasteiger partial charge in [0.15, 0.2) is 0 Å². The van der Waals surface area contributed by atoms with Gasteiger partial charge in [0.05, 0.1) is 18.8 Å². The summed E-state index contributed by atoms with van der Waals surface area (Å²) < 4.78 is 10.7. The summed E-state index contributed by atoms with van der Waals surface area (Å²) in [5.41, 5.74) is -0.455. The Morgan fingerprint density at radius 3 is 2.62 bits per heavy atom. The molecule has 4 nitrogen and oxygen atoms in total. The molecule has 1 amide bonds. The Morgan fingerprint density at radius 1 is 1.50 bits per heavy atom. The predicted molar refractivity (Wildman–Crippen MR) is 62.3 cm³/mol. The number of alkyl carbamates (subject to hydrolysis) is 1. The lowest BCUT2D eigenvalue weighted by atomic mass is 10.1. The Bertz CT molecular complexity index is 249. The molecule has 1 heterocycles. The zero-order valence-corrected chi connectivity index (χ0v) is 10.3. The van der Waals surface area contributed by atoms with Crippen molar-refractivity contribution in [3.05, 3.63) is 12.7 Å². The van der Waals surface area contributed by atoms with Gasteiger partial charge in [-0.15, -0.1) is 6.58 Å². The fourth-order valence-corrected chi connectivity index (χ4v) is 1.55. The minimum absolute atomic E-state index is 0.0473. The van der Waals surface area contributed by atoms with Crippen molar-refractivity contribution < 1.29 is 14.3 Å². The summed E-state index contributed by atoms with van der Waals surface area (Å²) in [6.45, 7) is 9.74. The second kappa shape index (κ2) is 5.34. The molecule has 0 radical (unpaired) electrons. The van der Waals surface area contributed by atoms with Gasteiger partial charge in [-0.05, 0) is 33.6 Å². The highest BCUT2D eigenvalue weighted by molar-refractivity contribution is 5.68. The number of ether oxygens (including phenoxy) is 2. The van der Waals surface area contributed by atoms with E-state index in [0.717, 1.165) is 12.8 Å². The molecule has 2 atom stereocenters. The Balaban J connectivity index is 2.28. The summed E-state index contributed by atoms with van der Waals surface area (Å²) in [5.74, 6) is 0. The van der Waals surface area contributed by atoms with Gasteiger partial charge in [0.25, 0.3) is 0 Å². The highest BCUT2D eigenvalue weighted by Crippen LogP contribution is 2.15. The Kier molecular flexibility index (Phi) is 4.35. The third-order valence-corrected chi connectivity index (χ3v) is 2.29. The van der Waals surface area contributed by atoms with Gasteiger partial charge in [-0.1, -0.05) is 6.08 Å². The molecule has 1 aliphatic heterocycles. The van der Waals surface area contributed by atoms with Crippen LogP contribution in [0.4, 0.5) is 4.79 Å². The SMILES string of the molecule is C=C[C@@H]1CC[C@@H](NC(=O)OC(C)(C)C)CO1. The van der Waals surface area contributed by atoms with Crippen molar-refractivity contribution in [2.75, 3.05) is 6.61 Å². The highest BCUT2D eigenvalue weighted by Gasteiger charge is 2.23. The molecular formula is C12H21NO3. The molecule has 0 aliphatic carbocycles. The fraction of sp³-hybridized carbons (Fsp3) is 0.750. The lowest BCUT2D eigenvalue weighted by Gasteiger charge is -2.29. The molecule has 1 saturated heterocycles. The predicted octanol–water partition coefficient (Wildman–Crippen LogP) is 2.24. The number of rotatable bonds is 2. The lowest BCUT2D eigenvalue weighted by molar-refractivity contribution is 0.0135. The quantitative estimate of drug-likeness (QED) is 0.736. The van der Waals surface area contributed by atoms with Gasteiger partial charge in [0, 0.05) is 0 Å². The van der Waals surface area contributed by atoms with Gasteiger partial charge in [-0.25, -0.2) is 4.79 Å². The first-order valence-corrected chi connectivity index (χ1v) is 5.64. The van der Waals surface area contributed by atoms with Crippen LogP contribution in [0.2, 0.25) is 0 Å². The third kappa shape index (κ3) is 4.66. The van der Waals surface area contributed by atoms with Gasteiger partial charge < -0.3 is 14.8 Å². The number of carbonyl (C=O) groups is 1. The van der Waals surface area contributed by atoms with Crippen LogP contribution < -0.4 is 5.32 Å². The average molecular weight is 227 g/mol. The van der Waals surface area contributed by atoms with E-state index in [4.69, 9.17) is 9.47 Å². The van der Waals surface area contributed by atoms with Crippen molar-refractivity contribution in [1.29, 1.82) is 0 Å². The first-order chi connectivity index (χ1) is 7.40. The Labute approximate surface area is 97.0 Å². The van der Waals surface area contributed by atoms with E-state index in [-0.39, 0.29) is 18.2 Å². The summed E-state index contributed by atoms with van der Waals surface area (Å²) in [5, 5.41) is 2.80. The van der Waals surface area contributed by atoms with E-state index in [1.54, 1.807) is 6.08 Å². The molecule has 1 N–H and O–H groups in total. The van der Waals surface area contributed by atoms with Crippen LogP contribution in [0, 0.1) is 0 Å². The smallest absolute Gasteiger partial charge is 0.407 e. The van der Waals surface area contributed by atoms with Crippen LogP contribution in [0.3, 0.4) is 0 Å². The monoisotopic (exact) mass is 227 g/mol. The Morgan fingerprint density at radius 2 is 2.19 bits per heavy atom. The van der Waals surface area contributed by atoms with Crippen LogP contribution in [0.25, 0.3) is 0 Å². The molecule has 1 fully saturated rings. The van der Waals surface area contributed by atoms with E-state index >= 15 is 0 Å². The molecule has 0 aromatic carbocycles. The first kappa shape index (κ1) is 13.0. The van der Waals surface area contributed by atoms with Crippen molar-refractivity contribution in [2.45, 2.75) is 51.4 Å². The van der Waals surface area contributed by atoms with Crippen LogP contribution in [-0.2, 0) is 9.47 Å². The summed E-state index contributed by atoms with van der Waals surface area (Å²) in [4.78, 5) is 11.5. The maximum absolute atomic E-state index is 11.5. The van der Waals surface area contributed by atoms with Gasteiger partial charge in [0.2, 0.25) is 0 Å². The zero-order chi connectivity index (χ0) is 12.2. The number of hydrogen-bond acceptors (Lipinski definition) is 3. The third-order valence-electron chi connectivity index (χ3n) is 2.29. The molecule has 0 unspecified atom stereocenters. The van der Waals surface area contributed by atoms with E-state index in [9.17, 15) is 4.79 Å². The van der Waals surface area contributed by atoms with Crippen molar-refractivity contribution in [3.8, 4) is 0 Å². The number of amides is 1. The minimum Gasteiger partial charge on any atom is -0.444 e. The van der Waals surface area contributed by atoms with Gasteiger partial charge >= 0.3 is 6.09 Å². The topological polar surface area (TPSA) is 47.6 Å². The van der Waals surface area contributed by atoms with Gasteiger partial charge in [-0.3, -0.25) is 0 Å². The van der Waals surface area contributed by atoms with Crippen molar-refractivity contribution in [1.82, 2.24) is 5.32 Å². The molecule has 0 spiro atoms. The first-order valence-electron chi connectivity index (χ1n) is 5.64. The van der Waals surface area contributed by atoms with E-state index < -0.39 is 5.60 Å². The molecule has 92 valence electrons. The summed E-state index contributed by atoms with van der Waals surface area (Å²) >= 11 is 0.